The van der Waals surface area contributed by atoms with Crippen LogP contribution in [0.3, 0.4) is 0 Å². The molecule has 1 amide bonds. The first-order chi connectivity index (χ1) is 16.4. The molecule has 180 valence electrons. The number of anilines is 1. The second-order valence-electron chi connectivity index (χ2n) is 9.99. The highest BCUT2D eigenvalue weighted by Gasteiger charge is 2.27. The van der Waals surface area contributed by atoms with E-state index in [2.05, 4.69) is 60.7 Å². The van der Waals surface area contributed by atoms with E-state index in [1.807, 2.05) is 23.1 Å². The molecular formula is C27H35N5O2. The van der Waals surface area contributed by atoms with Gasteiger partial charge in [-0.05, 0) is 43.0 Å². The predicted molar refractivity (Wildman–Crippen MR) is 134 cm³/mol. The highest BCUT2D eigenvalue weighted by atomic mass is 16.3. The minimum absolute atomic E-state index is 0.0156. The third-order valence-corrected chi connectivity index (χ3v) is 6.21. The van der Waals surface area contributed by atoms with Gasteiger partial charge in [-0.1, -0.05) is 51.1 Å². The molecule has 0 saturated carbocycles. The van der Waals surface area contributed by atoms with E-state index in [-0.39, 0.29) is 11.3 Å². The van der Waals surface area contributed by atoms with Crippen LogP contribution in [0.15, 0.2) is 59.3 Å². The van der Waals surface area contributed by atoms with Crippen molar-refractivity contribution in [3.63, 3.8) is 0 Å². The standard InChI is InChI=1S/C27H35N5O2/c1-27(2,3)26-30-19-23(24(31-26)29-18-22-10-7-15-34-22)25(33)32-13-11-21(12-14-32)17-28-16-20-8-5-4-6-9-20/h4-10,15,19,21,28H,11-14,16-18H2,1-3H3,(H,29,30,31). The number of rotatable bonds is 8. The third kappa shape index (κ3) is 6.23. The van der Waals surface area contributed by atoms with Crippen molar-refractivity contribution in [2.75, 3.05) is 25.0 Å². The van der Waals surface area contributed by atoms with Gasteiger partial charge in [0.05, 0.1) is 12.8 Å². The van der Waals surface area contributed by atoms with Crippen LogP contribution in [0.5, 0.6) is 0 Å². The maximum Gasteiger partial charge on any atom is 0.259 e. The van der Waals surface area contributed by atoms with Crippen LogP contribution in [-0.4, -0.2) is 40.4 Å². The van der Waals surface area contributed by atoms with Crippen LogP contribution in [0.2, 0.25) is 0 Å². The van der Waals surface area contributed by atoms with Crippen LogP contribution < -0.4 is 10.6 Å². The van der Waals surface area contributed by atoms with Gasteiger partial charge >= 0.3 is 0 Å². The molecule has 2 aromatic heterocycles. The Labute approximate surface area is 202 Å². The molecule has 0 bridgehead atoms. The normalized spacial score (nSPS) is 14.9. The summed E-state index contributed by atoms with van der Waals surface area (Å²) in [4.78, 5) is 24.6. The fraction of sp³-hybridized carbons (Fsp3) is 0.444. The Morgan fingerprint density at radius 2 is 1.85 bits per heavy atom. The van der Waals surface area contributed by atoms with Gasteiger partial charge in [-0.2, -0.15) is 0 Å². The molecule has 0 unspecified atom stereocenters. The summed E-state index contributed by atoms with van der Waals surface area (Å²) in [6.45, 7) is 10.00. The number of furan rings is 1. The molecule has 1 fully saturated rings. The second kappa shape index (κ2) is 10.8. The summed E-state index contributed by atoms with van der Waals surface area (Å²) in [7, 11) is 0. The minimum atomic E-state index is -0.214. The molecule has 1 aromatic carbocycles. The third-order valence-electron chi connectivity index (χ3n) is 6.21. The monoisotopic (exact) mass is 461 g/mol. The molecule has 0 radical (unpaired) electrons. The molecular weight excluding hydrogens is 426 g/mol. The molecule has 1 saturated heterocycles. The van der Waals surface area contributed by atoms with E-state index < -0.39 is 0 Å². The number of carbonyl (C=O) groups is 1. The summed E-state index contributed by atoms with van der Waals surface area (Å²) < 4.78 is 5.43. The summed E-state index contributed by atoms with van der Waals surface area (Å²) in [5.41, 5.74) is 1.59. The molecule has 2 N–H and O–H groups in total. The number of nitrogens with zero attached hydrogens (tertiary/aromatic N) is 3. The van der Waals surface area contributed by atoms with Gasteiger partial charge in [0.15, 0.2) is 0 Å². The average molecular weight is 462 g/mol. The lowest BCUT2D eigenvalue weighted by atomic mass is 9.95. The van der Waals surface area contributed by atoms with E-state index in [0.717, 1.165) is 44.8 Å². The fourth-order valence-electron chi connectivity index (χ4n) is 4.15. The summed E-state index contributed by atoms with van der Waals surface area (Å²) in [5, 5.41) is 6.86. The number of benzene rings is 1. The number of amides is 1. The second-order valence-corrected chi connectivity index (χ2v) is 9.99. The number of nitrogens with one attached hydrogen (secondary N) is 2. The number of aromatic nitrogens is 2. The Kier molecular flexibility index (Phi) is 7.63. The van der Waals surface area contributed by atoms with Crippen LogP contribution in [0.1, 0.15) is 61.1 Å². The van der Waals surface area contributed by atoms with Crippen molar-refractivity contribution in [3.8, 4) is 0 Å². The van der Waals surface area contributed by atoms with E-state index in [0.29, 0.717) is 29.7 Å². The highest BCUT2D eigenvalue weighted by molar-refractivity contribution is 5.98. The zero-order valence-electron chi connectivity index (χ0n) is 20.4. The van der Waals surface area contributed by atoms with Crippen LogP contribution in [0, 0.1) is 5.92 Å². The van der Waals surface area contributed by atoms with E-state index in [4.69, 9.17) is 9.40 Å². The summed E-state index contributed by atoms with van der Waals surface area (Å²) >= 11 is 0. The molecule has 7 heteroatoms. The molecule has 1 aliphatic heterocycles. The lowest BCUT2D eigenvalue weighted by Crippen LogP contribution is -2.41. The maximum absolute atomic E-state index is 13.4. The van der Waals surface area contributed by atoms with Crippen LogP contribution in [0.25, 0.3) is 0 Å². The lowest BCUT2D eigenvalue weighted by Gasteiger charge is -2.32. The van der Waals surface area contributed by atoms with Crippen molar-refractivity contribution in [2.45, 2.75) is 52.1 Å². The van der Waals surface area contributed by atoms with Crippen LogP contribution >= 0.6 is 0 Å². The van der Waals surface area contributed by atoms with Gasteiger partial charge in [0, 0.05) is 31.2 Å². The lowest BCUT2D eigenvalue weighted by molar-refractivity contribution is 0.0690. The van der Waals surface area contributed by atoms with E-state index in [9.17, 15) is 4.79 Å². The number of hydrogen-bond donors (Lipinski definition) is 2. The molecule has 0 atom stereocenters. The van der Waals surface area contributed by atoms with E-state index in [1.165, 1.54) is 5.56 Å². The maximum atomic E-state index is 13.4. The van der Waals surface area contributed by atoms with E-state index >= 15 is 0 Å². The molecule has 0 aliphatic carbocycles. The summed E-state index contributed by atoms with van der Waals surface area (Å²) in [6.07, 6.45) is 5.30. The minimum Gasteiger partial charge on any atom is -0.467 e. The molecule has 4 rings (SSSR count). The number of piperidine rings is 1. The van der Waals surface area contributed by atoms with Gasteiger partial charge < -0.3 is 20.0 Å². The number of carbonyl (C=O) groups excluding carboxylic acids is 1. The number of hydrogen-bond acceptors (Lipinski definition) is 6. The largest absolute Gasteiger partial charge is 0.467 e. The smallest absolute Gasteiger partial charge is 0.259 e. The average Bonchev–Trinajstić information content (AvgIpc) is 3.36. The molecule has 34 heavy (non-hydrogen) atoms. The van der Waals surface area contributed by atoms with E-state index in [1.54, 1.807) is 12.5 Å². The molecule has 0 spiro atoms. The topological polar surface area (TPSA) is 83.3 Å². The van der Waals surface area contributed by atoms with Crippen molar-refractivity contribution >= 4 is 11.7 Å². The summed E-state index contributed by atoms with van der Waals surface area (Å²) in [5.74, 6) is 2.61. The van der Waals surface area contributed by atoms with Gasteiger partial charge in [0.25, 0.3) is 5.91 Å². The summed E-state index contributed by atoms with van der Waals surface area (Å²) in [6, 6.07) is 14.2. The van der Waals surface area contributed by atoms with Gasteiger partial charge in [-0.3, -0.25) is 4.79 Å². The van der Waals surface area contributed by atoms with Crippen molar-refractivity contribution in [1.29, 1.82) is 0 Å². The first-order valence-electron chi connectivity index (χ1n) is 12.1. The van der Waals surface area contributed by atoms with Gasteiger partial charge in [0.2, 0.25) is 0 Å². The molecule has 3 heterocycles. The molecule has 1 aliphatic rings. The zero-order valence-corrected chi connectivity index (χ0v) is 20.4. The van der Waals surface area contributed by atoms with Gasteiger partial charge in [-0.15, -0.1) is 0 Å². The highest BCUT2D eigenvalue weighted by Crippen LogP contribution is 2.25. The van der Waals surface area contributed by atoms with Gasteiger partial charge in [0.1, 0.15) is 23.0 Å². The Morgan fingerprint density at radius 3 is 2.53 bits per heavy atom. The van der Waals surface area contributed by atoms with Crippen molar-refractivity contribution in [3.05, 3.63) is 77.6 Å². The van der Waals surface area contributed by atoms with Crippen molar-refractivity contribution in [2.24, 2.45) is 5.92 Å². The Bertz CT molecular complexity index is 1050. The van der Waals surface area contributed by atoms with Crippen molar-refractivity contribution in [1.82, 2.24) is 20.2 Å². The van der Waals surface area contributed by atoms with Crippen molar-refractivity contribution < 1.29 is 9.21 Å². The first-order valence-corrected chi connectivity index (χ1v) is 12.1. The van der Waals surface area contributed by atoms with Crippen LogP contribution in [-0.2, 0) is 18.5 Å². The first kappa shape index (κ1) is 24.0. The number of likely N-dealkylation sites (tertiary alicyclic amines) is 1. The molecule has 7 nitrogen and oxygen atoms in total. The Balaban J connectivity index is 1.37. The van der Waals surface area contributed by atoms with Crippen LogP contribution in [0.4, 0.5) is 5.82 Å². The van der Waals surface area contributed by atoms with Gasteiger partial charge in [-0.25, -0.2) is 9.97 Å². The zero-order chi connectivity index (χ0) is 24.0. The SMILES string of the molecule is CC(C)(C)c1ncc(C(=O)N2CCC(CNCc3ccccc3)CC2)c(NCc2ccco2)n1. The molecule has 3 aromatic rings. The fourth-order valence-corrected chi connectivity index (χ4v) is 4.15. The quantitative estimate of drug-likeness (QED) is 0.509. The Hall–Kier alpha value is -3.19. The predicted octanol–water partition coefficient (Wildman–Crippen LogP) is 4.62. The Morgan fingerprint density at radius 1 is 1.09 bits per heavy atom.